The Morgan fingerprint density at radius 1 is 1.07 bits per heavy atom. The van der Waals surface area contributed by atoms with Crippen molar-refractivity contribution in [1.29, 1.82) is 0 Å². The molecule has 0 spiro atoms. The lowest BCUT2D eigenvalue weighted by Crippen LogP contribution is -2.21. The molecule has 8 heteroatoms. The number of alkyl halides is 2. The third-order valence-electron chi connectivity index (χ3n) is 4.41. The number of carbonyl (C=O) groups is 2. The Morgan fingerprint density at radius 3 is 2.62 bits per heavy atom. The van der Waals surface area contributed by atoms with Crippen LogP contribution in [0.5, 0.6) is 11.5 Å². The number of carbonyl (C=O) groups excluding carboxylic acids is 2. The molecule has 1 aliphatic rings. The minimum atomic E-state index is -3.02. The Balaban J connectivity index is 1.58. The highest BCUT2D eigenvalue weighted by atomic mass is 19.3. The summed E-state index contributed by atoms with van der Waals surface area (Å²) in [5.41, 5.74) is 3.22. The van der Waals surface area contributed by atoms with Gasteiger partial charge in [0.1, 0.15) is 0 Å². The van der Waals surface area contributed by atoms with Crippen LogP contribution in [0.4, 0.5) is 14.5 Å². The maximum atomic E-state index is 12.4. The van der Waals surface area contributed by atoms with Gasteiger partial charge in [-0.3, -0.25) is 4.79 Å². The lowest BCUT2D eigenvalue weighted by Gasteiger charge is -2.12. The molecule has 1 N–H and O–H groups in total. The van der Waals surface area contributed by atoms with Crippen LogP contribution in [0.15, 0.2) is 36.4 Å². The zero-order valence-electron chi connectivity index (χ0n) is 15.9. The molecule has 2 aromatic rings. The Kier molecular flexibility index (Phi) is 6.64. The van der Waals surface area contributed by atoms with Gasteiger partial charge in [0.25, 0.3) is 5.91 Å². The maximum absolute atomic E-state index is 12.4. The molecule has 0 radical (unpaired) electrons. The van der Waals surface area contributed by atoms with E-state index in [2.05, 4.69) is 10.1 Å². The van der Waals surface area contributed by atoms with E-state index in [0.29, 0.717) is 5.69 Å². The number of hydrogen-bond acceptors (Lipinski definition) is 5. The lowest BCUT2D eigenvalue weighted by atomic mass is 10.1. The first-order chi connectivity index (χ1) is 14.0. The zero-order chi connectivity index (χ0) is 20.8. The summed E-state index contributed by atoms with van der Waals surface area (Å²) in [6, 6.07) is 9.43. The number of benzene rings is 2. The van der Waals surface area contributed by atoms with Crippen LogP contribution < -0.4 is 14.8 Å². The standard InChI is InChI=1S/C21H21F2NO5/c1-2-27-18-11-15(7-9-17(18)29-21(22)23)20(26)28-12-19(25)24-16-8-6-13-4-3-5-14(13)10-16/h6-11,21H,2-5,12H2,1H3,(H,24,25). The van der Waals surface area contributed by atoms with Gasteiger partial charge in [-0.15, -0.1) is 0 Å². The van der Waals surface area contributed by atoms with E-state index >= 15 is 0 Å². The van der Waals surface area contributed by atoms with Crippen LogP contribution in [0.2, 0.25) is 0 Å². The van der Waals surface area contributed by atoms with Gasteiger partial charge in [0.15, 0.2) is 18.1 Å². The van der Waals surface area contributed by atoms with Crippen LogP contribution in [0.1, 0.15) is 34.8 Å². The number of fused-ring (bicyclic) bond motifs is 1. The summed E-state index contributed by atoms with van der Waals surface area (Å²) in [7, 11) is 0. The third kappa shape index (κ3) is 5.43. The van der Waals surface area contributed by atoms with E-state index < -0.39 is 25.1 Å². The molecule has 0 atom stereocenters. The van der Waals surface area contributed by atoms with E-state index in [1.807, 2.05) is 18.2 Å². The molecule has 0 aliphatic heterocycles. The first-order valence-electron chi connectivity index (χ1n) is 9.26. The van der Waals surface area contributed by atoms with E-state index in [1.54, 1.807) is 6.92 Å². The average molecular weight is 405 g/mol. The largest absolute Gasteiger partial charge is 0.490 e. The molecule has 29 heavy (non-hydrogen) atoms. The molecule has 0 heterocycles. The van der Waals surface area contributed by atoms with Crippen molar-refractivity contribution in [1.82, 2.24) is 0 Å². The molecular formula is C21H21F2NO5. The molecule has 0 aromatic heterocycles. The fourth-order valence-corrected chi connectivity index (χ4v) is 3.16. The molecule has 0 saturated heterocycles. The van der Waals surface area contributed by atoms with Gasteiger partial charge in [0.2, 0.25) is 0 Å². The van der Waals surface area contributed by atoms with Gasteiger partial charge in [-0.25, -0.2) is 4.79 Å². The van der Waals surface area contributed by atoms with Gasteiger partial charge in [-0.2, -0.15) is 8.78 Å². The second-order valence-electron chi connectivity index (χ2n) is 6.43. The van der Waals surface area contributed by atoms with Crippen molar-refractivity contribution in [2.45, 2.75) is 32.8 Å². The summed E-state index contributed by atoms with van der Waals surface area (Å²) in [5.74, 6) is -1.45. The first kappa shape index (κ1) is 20.6. The molecule has 154 valence electrons. The third-order valence-corrected chi connectivity index (χ3v) is 4.41. The van der Waals surface area contributed by atoms with Crippen LogP contribution in [-0.2, 0) is 22.4 Å². The molecule has 6 nitrogen and oxygen atoms in total. The van der Waals surface area contributed by atoms with Gasteiger partial charge in [0.05, 0.1) is 12.2 Å². The Hall–Kier alpha value is -3.16. The molecule has 0 unspecified atom stereocenters. The predicted octanol–water partition coefficient (Wildman–Crippen LogP) is 3.97. The van der Waals surface area contributed by atoms with E-state index in [9.17, 15) is 18.4 Å². The van der Waals surface area contributed by atoms with Crippen molar-refractivity contribution in [3.63, 3.8) is 0 Å². The van der Waals surface area contributed by atoms with Crippen molar-refractivity contribution in [3.8, 4) is 11.5 Å². The van der Waals surface area contributed by atoms with Crippen molar-refractivity contribution in [3.05, 3.63) is 53.1 Å². The zero-order valence-corrected chi connectivity index (χ0v) is 15.9. The van der Waals surface area contributed by atoms with E-state index in [0.717, 1.165) is 19.3 Å². The Bertz CT molecular complexity index is 901. The molecule has 0 fully saturated rings. The summed E-state index contributed by atoms with van der Waals surface area (Å²) in [6.07, 6.45) is 3.14. The normalized spacial score (nSPS) is 12.4. The number of halogens is 2. The lowest BCUT2D eigenvalue weighted by molar-refractivity contribution is -0.119. The smallest absolute Gasteiger partial charge is 0.387 e. The summed E-state index contributed by atoms with van der Waals surface area (Å²) < 4.78 is 39.5. The van der Waals surface area contributed by atoms with Crippen LogP contribution in [-0.4, -0.2) is 31.7 Å². The SMILES string of the molecule is CCOc1cc(C(=O)OCC(=O)Nc2ccc3c(c2)CCC3)ccc1OC(F)F. The average Bonchev–Trinajstić information content (AvgIpc) is 3.15. The van der Waals surface area contributed by atoms with Gasteiger partial charge in [0, 0.05) is 5.69 Å². The fourth-order valence-electron chi connectivity index (χ4n) is 3.16. The summed E-state index contributed by atoms with van der Waals surface area (Å²) in [6.45, 7) is -1.63. The number of ether oxygens (including phenoxy) is 3. The predicted molar refractivity (Wildman–Crippen MR) is 102 cm³/mol. The van der Waals surface area contributed by atoms with E-state index in [-0.39, 0.29) is 23.7 Å². The van der Waals surface area contributed by atoms with Gasteiger partial charge in [-0.05, 0) is 67.6 Å². The van der Waals surface area contributed by atoms with Gasteiger partial charge < -0.3 is 19.5 Å². The van der Waals surface area contributed by atoms with Crippen molar-refractivity contribution >= 4 is 17.6 Å². The van der Waals surface area contributed by atoms with E-state index in [1.165, 1.54) is 29.3 Å². The Labute approximate surface area is 166 Å². The number of nitrogens with one attached hydrogen (secondary N) is 1. The quantitative estimate of drug-likeness (QED) is 0.673. The summed E-state index contributed by atoms with van der Waals surface area (Å²) >= 11 is 0. The minimum absolute atomic E-state index is 0.00941. The van der Waals surface area contributed by atoms with Crippen molar-refractivity contribution < 1.29 is 32.6 Å². The second-order valence-corrected chi connectivity index (χ2v) is 6.43. The second kappa shape index (κ2) is 9.36. The number of esters is 1. The minimum Gasteiger partial charge on any atom is -0.490 e. The molecule has 2 aromatic carbocycles. The van der Waals surface area contributed by atoms with Crippen LogP contribution in [0.25, 0.3) is 0 Å². The number of aryl methyl sites for hydroxylation is 2. The molecule has 0 bridgehead atoms. The monoisotopic (exact) mass is 405 g/mol. The van der Waals surface area contributed by atoms with Crippen molar-refractivity contribution in [2.24, 2.45) is 0 Å². The molecule has 0 saturated carbocycles. The fraction of sp³-hybridized carbons (Fsp3) is 0.333. The summed E-state index contributed by atoms with van der Waals surface area (Å²) in [4.78, 5) is 24.3. The highest BCUT2D eigenvalue weighted by Gasteiger charge is 2.17. The van der Waals surface area contributed by atoms with Gasteiger partial charge >= 0.3 is 12.6 Å². The molecule has 1 aliphatic carbocycles. The summed E-state index contributed by atoms with van der Waals surface area (Å²) in [5, 5.41) is 2.70. The Morgan fingerprint density at radius 2 is 1.86 bits per heavy atom. The number of anilines is 1. The number of amides is 1. The van der Waals surface area contributed by atoms with Crippen molar-refractivity contribution in [2.75, 3.05) is 18.5 Å². The van der Waals surface area contributed by atoms with Crippen LogP contribution >= 0.6 is 0 Å². The van der Waals surface area contributed by atoms with Gasteiger partial charge in [-0.1, -0.05) is 6.07 Å². The number of rotatable bonds is 8. The first-order valence-corrected chi connectivity index (χ1v) is 9.26. The highest BCUT2D eigenvalue weighted by molar-refractivity contribution is 5.95. The van der Waals surface area contributed by atoms with Crippen LogP contribution in [0, 0.1) is 0 Å². The maximum Gasteiger partial charge on any atom is 0.387 e. The van der Waals surface area contributed by atoms with Crippen LogP contribution in [0.3, 0.4) is 0 Å². The topological polar surface area (TPSA) is 73.9 Å². The number of hydrogen-bond donors (Lipinski definition) is 1. The van der Waals surface area contributed by atoms with E-state index in [4.69, 9.17) is 9.47 Å². The highest BCUT2D eigenvalue weighted by Crippen LogP contribution is 2.30. The molecule has 1 amide bonds. The molecule has 3 rings (SSSR count). The molecular weight excluding hydrogens is 384 g/mol.